The first kappa shape index (κ1) is 24.3. The van der Waals surface area contributed by atoms with Crippen molar-refractivity contribution in [3.63, 3.8) is 0 Å². The second-order valence-corrected chi connectivity index (χ2v) is 8.64. The van der Waals surface area contributed by atoms with E-state index in [1.54, 1.807) is 30.3 Å². The lowest BCUT2D eigenvalue weighted by Gasteiger charge is -2.28. The maximum atomic E-state index is 14.1. The van der Waals surface area contributed by atoms with Gasteiger partial charge in [0.25, 0.3) is 0 Å². The molecule has 0 saturated carbocycles. The number of hydrogen-bond acceptors (Lipinski definition) is 2. The van der Waals surface area contributed by atoms with Crippen LogP contribution in [0, 0.1) is 17.5 Å². The third kappa shape index (κ3) is 4.85. The maximum absolute atomic E-state index is 14.1. The smallest absolute Gasteiger partial charge is 0.125 e. The number of benzene rings is 3. The van der Waals surface area contributed by atoms with Gasteiger partial charge in [0.05, 0.1) is 11.6 Å². The first-order valence-corrected chi connectivity index (χ1v) is 11.2. The van der Waals surface area contributed by atoms with Crippen LogP contribution in [0.3, 0.4) is 0 Å². The number of halogens is 4. The molecule has 1 aliphatic rings. The largest absolute Gasteiger partial charge is 0.388 e. The molecule has 5 rings (SSSR count). The molecule has 1 aromatic heterocycles. The van der Waals surface area contributed by atoms with E-state index in [9.17, 15) is 18.3 Å². The maximum Gasteiger partial charge on any atom is 0.125 e. The van der Waals surface area contributed by atoms with E-state index in [0.717, 1.165) is 53.8 Å². The molecule has 3 aromatic carbocycles. The summed E-state index contributed by atoms with van der Waals surface area (Å²) >= 11 is 0. The molecule has 0 bridgehead atoms. The number of hydrogen-bond donors (Lipinski definition) is 1. The Morgan fingerprint density at radius 1 is 0.882 bits per heavy atom. The van der Waals surface area contributed by atoms with Crippen molar-refractivity contribution in [3.8, 4) is 5.69 Å². The molecule has 3 nitrogen and oxygen atoms in total. The molecule has 0 amide bonds. The van der Waals surface area contributed by atoms with Gasteiger partial charge < -0.3 is 9.67 Å². The molecule has 1 aliphatic heterocycles. The first-order valence-electron chi connectivity index (χ1n) is 11.2. The third-order valence-electron chi connectivity index (χ3n) is 6.46. The number of aliphatic hydroxyl groups excluding tert-OH is 1. The van der Waals surface area contributed by atoms with Gasteiger partial charge in [0.2, 0.25) is 0 Å². The quantitative estimate of drug-likeness (QED) is 0.344. The highest BCUT2D eigenvalue weighted by atomic mass is 35.5. The Morgan fingerprint density at radius 2 is 1.62 bits per heavy atom. The van der Waals surface area contributed by atoms with Crippen molar-refractivity contribution in [1.82, 2.24) is 9.47 Å². The van der Waals surface area contributed by atoms with Crippen LogP contribution in [0.25, 0.3) is 16.6 Å². The minimum atomic E-state index is -0.630. The van der Waals surface area contributed by atoms with Gasteiger partial charge in [0.1, 0.15) is 17.5 Å². The Morgan fingerprint density at radius 3 is 2.38 bits per heavy atom. The van der Waals surface area contributed by atoms with Gasteiger partial charge in [-0.25, -0.2) is 13.2 Å². The molecule has 2 heterocycles. The van der Waals surface area contributed by atoms with Gasteiger partial charge in [-0.2, -0.15) is 0 Å². The Balaban J connectivity index is 0.00000274. The lowest BCUT2D eigenvalue weighted by Crippen LogP contribution is -2.32. The summed E-state index contributed by atoms with van der Waals surface area (Å²) in [7, 11) is 0. The van der Waals surface area contributed by atoms with Crippen molar-refractivity contribution >= 4 is 23.3 Å². The van der Waals surface area contributed by atoms with Crippen LogP contribution in [0.15, 0.2) is 66.7 Å². The van der Waals surface area contributed by atoms with Gasteiger partial charge >= 0.3 is 0 Å². The molecule has 1 N–H and O–H groups in total. The van der Waals surface area contributed by atoms with E-state index in [2.05, 4.69) is 4.90 Å². The summed E-state index contributed by atoms with van der Waals surface area (Å²) in [6, 6.07) is 17.2. The average molecular weight is 487 g/mol. The molecule has 1 atom stereocenters. The predicted molar refractivity (Wildman–Crippen MR) is 130 cm³/mol. The summed E-state index contributed by atoms with van der Waals surface area (Å²) in [6.45, 7) is 2.29. The summed E-state index contributed by atoms with van der Waals surface area (Å²) in [5.74, 6) is -0.910. The van der Waals surface area contributed by atoms with Crippen LogP contribution in [-0.4, -0.2) is 27.7 Å². The third-order valence-corrected chi connectivity index (χ3v) is 6.46. The van der Waals surface area contributed by atoms with E-state index in [0.29, 0.717) is 18.5 Å². The van der Waals surface area contributed by atoms with Gasteiger partial charge in [0, 0.05) is 36.3 Å². The molecule has 0 radical (unpaired) electrons. The molecule has 1 unspecified atom stereocenters. The molecule has 0 saturated heterocycles. The molecular formula is C27H26ClF3N2O. The number of aromatic nitrogens is 1. The topological polar surface area (TPSA) is 28.4 Å². The highest BCUT2D eigenvalue weighted by molar-refractivity contribution is 5.87. The fraction of sp³-hybridized carbons (Fsp3) is 0.259. The second-order valence-electron chi connectivity index (χ2n) is 8.64. The van der Waals surface area contributed by atoms with E-state index >= 15 is 0 Å². The summed E-state index contributed by atoms with van der Waals surface area (Å²) in [6.07, 6.45) is 1.50. The zero-order valence-corrected chi connectivity index (χ0v) is 19.4. The number of rotatable bonds is 6. The molecular weight excluding hydrogens is 461 g/mol. The van der Waals surface area contributed by atoms with Gasteiger partial charge in [-0.3, -0.25) is 4.90 Å². The Kier molecular flexibility index (Phi) is 7.31. The summed E-state index contributed by atoms with van der Waals surface area (Å²) in [5.41, 5.74) is 4.48. The molecule has 7 heteroatoms. The fourth-order valence-electron chi connectivity index (χ4n) is 4.85. The van der Waals surface area contributed by atoms with E-state index in [4.69, 9.17) is 0 Å². The van der Waals surface area contributed by atoms with E-state index in [-0.39, 0.29) is 29.9 Å². The standard InChI is InChI=1S/C27H25F3N2O.ClH/c28-19-8-6-18(7-9-19)27(33)5-2-13-31-14-12-26-24(17-31)23-16-21(30)10-11-25(23)32(26)22-4-1-3-20(29)15-22;/h1,3-4,6-11,15-16,27,33H,2,5,12-14,17H2;1H. The van der Waals surface area contributed by atoms with Crippen LogP contribution in [0.4, 0.5) is 13.2 Å². The Labute approximate surface area is 202 Å². The van der Waals surface area contributed by atoms with Crippen molar-refractivity contribution in [3.05, 3.63) is 101 Å². The normalized spacial score (nSPS) is 14.6. The molecule has 178 valence electrons. The van der Waals surface area contributed by atoms with Crippen LogP contribution in [-0.2, 0) is 13.0 Å². The molecule has 34 heavy (non-hydrogen) atoms. The minimum Gasteiger partial charge on any atom is -0.388 e. The molecule has 4 aromatic rings. The molecule has 0 fully saturated rings. The van der Waals surface area contributed by atoms with Crippen molar-refractivity contribution in [1.29, 1.82) is 0 Å². The summed E-state index contributed by atoms with van der Waals surface area (Å²) < 4.78 is 43.2. The zero-order valence-electron chi connectivity index (χ0n) is 18.6. The van der Waals surface area contributed by atoms with Crippen molar-refractivity contribution in [2.45, 2.75) is 31.9 Å². The van der Waals surface area contributed by atoms with Gasteiger partial charge in [-0.05, 0) is 79.0 Å². The lowest BCUT2D eigenvalue weighted by molar-refractivity contribution is 0.153. The monoisotopic (exact) mass is 486 g/mol. The van der Waals surface area contributed by atoms with Crippen LogP contribution >= 0.6 is 12.4 Å². The van der Waals surface area contributed by atoms with Gasteiger partial charge in [-0.15, -0.1) is 12.4 Å². The van der Waals surface area contributed by atoms with Crippen LogP contribution in [0.5, 0.6) is 0 Å². The Bertz CT molecular complexity index is 1290. The van der Waals surface area contributed by atoms with Gasteiger partial charge in [-0.1, -0.05) is 18.2 Å². The fourth-order valence-corrected chi connectivity index (χ4v) is 4.85. The summed E-state index contributed by atoms with van der Waals surface area (Å²) in [4.78, 5) is 2.31. The highest BCUT2D eigenvalue weighted by Gasteiger charge is 2.25. The summed E-state index contributed by atoms with van der Waals surface area (Å²) in [5, 5.41) is 11.3. The van der Waals surface area contributed by atoms with Crippen LogP contribution < -0.4 is 0 Å². The predicted octanol–water partition coefficient (Wildman–Crippen LogP) is 6.34. The molecule has 0 aliphatic carbocycles. The number of nitrogens with zero attached hydrogens (tertiary/aromatic N) is 2. The first-order chi connectivity index (χ1) is 16.0. The van der Waals surface area contributed by atoms with Gasteiger partial charge in [0.15, 0.2) is 0 Å². The SMILES string of the molecule is Cl.OC(CCCN1CCc2c(c3cc(F)ccc3n2-c2cccc(F)c2)C1)c1ccc(F)cc1. The van der Waals surface area contributed by atoms with E-state index in [1.807, 2.05) is 10.6 Å². The highest BCUT2D eigenvalue weighted by Crippen LogP contribution is 2.34. The van der Waals surface area contributed by atoms with Crippen molar-refractivity contribution < 1.29 is 18.3 Å². The Hall–Kier alpha value is -2.80. The molecule has 0 spiro atoms. The zero-order chi connectivity index (χ0) is 22.9. The second kappa shape index (κ2) is 10.2. The van der Waals surface area contributed by atoms with Crippen molar-refractivity contribution in [2.75, 3.05) is 13.1 Å². The van der Waals surface area contributed by atoms with E-state index < -0.39 is 6.10 Å². The van der Waals surface area contributed by atoms with Crippen molar-refractivity contribution in [2.24, 2.45) is 0 Å². The number of fused-ring (bicyclic) bond motifs is 3. The van der Waals surface area contributed by atoms with Crippen LogP contribution in [0.1, 0.15) is 35.8 Å². The minimum absolute atomic E-state index is 0. The number of aliphatic hydroxyl groups is 1. The average Bonchev–Trinajstić information content (AvgIpc) is 3.12. The lowest BCUT2D eigenvalue weighted by atomic mass is 10.0. The van der Waals surface area contributed by atoms with E-state index in [1.165, 1.54) is 30.3 Å². The van der Waals surface area contributed by atoms with Crippen LogP contribution in [0.2, 0.25) is 0 Å².